The highest BCUT2D eigenvalue weighted by Crippen LogP contribution is 2.27. The fourth-order valence-electron chi connectivity index (χ4n) is 1.94. The second-order valence-electron chi connectivity index (χ2n) is 4.82. The Labute approximate surface area is 153 Å². The van der Waals surface area contributed by atoms with Crippen LogP contribution in [0.4, 0.5) is 14.5 Å². The maximum absolute atomic E-state index is 12.3. The van der Waals surface area contributed by atoms with E-state index in [1.807, 2.05) is 0 Å². The molecular weight excluding hydrogens is 370 g/mol. The maximum atomic E-state index is 12.3. The first kappa shape index (κ1) is 19.5. The summed E-state index contributed by atoms with van der Waals surface area (Å²) in [5, 5.41) is 6.58. The van der Waals surface area contributed by atoms with Crippen molar-refractivity contribution in [3.63, 3.8) is 0 Å². The van der Waals surface area contributed by atoms with Gasteiger partial charge in [0.25, 0.3) is 5.91 Å². The molecule has 1 amide bonds. The van der Waals surface area contributed by atoms with Gasteiger partial charge in [0.15, 0.2) is 6.61 Å². The van der Waals surface area contributed by atoms with Crippen molar-refractivity contribution in [2.75, 3.05) is 19.0 Å². The Morgan fingerprint density at radius 3 is 2.77 bits per heavy atom. The normalized spacial score (nSPS) is 10.8. The minimum absolute atomic E-state index is 0.0528. The summed E-state index contributed by atoms with van der Waals surface area (Å²) in [6, 6.07) is 10.8. The zero-order chi connectivity index (χ0) is 18.9. The molecule has 0 unspecified atom stereocenters. The zero-order valence-electron chi connectivity index (χ0n) is 13.6. The fourth-order valence-corrected chi connectivity index (χ4v) is 2.12. The first-order chi connectivity index (χ1) is 12.5. The first-order valence-corrected chi connectivity index (χ1v) is 7.70. The standard InChI is InChI=1S/C17H15ClF2N2O4/c1-24-15-7-6-12(18)8-13(15)22-16(23)10-25-21-9-11-4-2-3-5-14(11)26-17(19)20/h2-9,17H,10H2,1H3,(H,22,23)/b21-9-. The Morgan fingerprint density at radius 1 is 1.27 bits per heavy atom. The second-order valence-corrected chi connectivity index (χ2v) is 5.25. The van der Waals surface area contributed by atoms with Crippen LogP contribution in [-0.4, -0.2) is 32.4 Å². The van der Waals surface area contributed by atoms with E-state index in [1.165, 1.54) is 31.5 Å². The number of anilines is 1. The number of halogens is 3. The van der Waals surface area contributed by atoms with Crippen molar-refractivity contribution in [1.82, 2.24) is 0 Å². The lowest BCUT2D eigenvalue weighted by Crippen LogP contribution is -2.17. The van der Waals surface area contributed by atoms with Crippen molar-refractivity contribution < 1.29 is 27.9 Å². The third-order valence-electron chi connectivity index (χ3n) is 3.03. The molecule has 2 aromatic rings. The SMILES string of the molecule is COc1ccc(Cl)cc1NC(=O)CO/N=C\c1ccccc1OC(F)F. The van der Waals surface area contributed by atoms with Crippen LogP contribution in [0.3, 0.4) is 0 Å². The van der Waals surface area contributed by atoms with Gasteiger partial charge in [-0.05, 0) is 30.3 Å². The highest BCUT2D eigenvalue weighted by molar-refractivity contribution is 6.31. The number of carbonyl (C=O) groups is 1. The van der Waals surface area contributed by atoms with Gasteiger partial charge in [-0.2, -0.15) is 8.78 Å². The highest BCUT2D eigenvalue weighted by Gasteiger charge is 2.09. The molecule has 1 N–H and O–H groups in total. The Morgan fingerprint density at radius 2 is 2.04 bits per heavy atom. The summed E-state index contributed by atoms with van der Waals surface area (Å²) in [5.41, 5.74) is 0.665. The molecule has 2 rings (SSSR count). The van der Waals surface area contributed by atoms with Gasteiger partial charge in [-0.15, -0.1) is 0 Å². The highest BCUT2D eigenvalue weighted by atomic mass is 35.5. The quantitative estimate of drug-likeness (QED) is 0.553. The molecule has 0 bridgehead atoms. The molecule has 26 heavy (non-hydrogen) atoms. The van der Waals surface area contributed by atoms with Gasteiger partial charge in [-0.25, -0.2) is 0 Å². The smallest absolute Gasteiger partial charge is 0.387 e. The average Bonchev–Trinajstić information content (AvgIpc) is 2.60. The van der Waals surface area contributed by atoms with Gasteiger partial charge in [-0.3, -0.25) is 4.79 Å². The van der Waals surface area contributed by atoms with Crippen LogP contribution in [-0.2, 0) is 9.63 Å². The van der Waals surface area contributed by atoms with E-state index in [-0.39, 0.29) is 11.3 Å². The van der Waals surface area contributed by atoms with Gasteiger partial charge in [0.1, 0.15) is 11.5 Å². The lowest BCUT2D eigenvalue weighted by molar-refractivity contribution is -0.120. The van der Waals surface area contributed by atoms with E-state index in [1.54, 1.807) is 24.3 Å². The molecule has 0 aliphatic carbocycles. The summed E-state index contributed by atoms with van der Waals surface area (Å²) < 4.78 is 34.1. The number of hydrogen-bond acceptors (Lipinski definition) is 5. The number of amides is 1. The molecule has 0 fully saturated rings. The molecule has 0 saturated carbocycles. The van der Waals surface area contributed by atoms with Crippen LogP contribution in [0.5, 0.6) is 11.5 Å². The summed E-state index contributed by atoms with van der Waals surface area (Å²) in [7, 11) is 1.46. The largest absolute Gasteiger partial charge is 0.495 e. The third kappa shape index (κ3) is 5.89. The number of ether oxygens (including phenoxy) is 2. The molecule has 6 nitrogen and oxygen atoms in total. The summed E-state index contributed by atoms with van der Waals surface area (Å²) in [5.74, 6) is -0.118. The van der Waals surface area contributed by atoms with Crippen molar-refractivity contribution in [1.29, 1.82) is 0 Å². The number of nitrogens with one attached hydrogen (secondary N) is 1. The minimum Gasteiger partial charge on any atom is -0.495 e. The van der Waals surface area contributed by atoms with Gasteiger partial charge in [-0.1, -0.05) is 28.9 Å². The summed E-state index contributed by atoms with van der Waals surface area (Å²) in [4.78, 5) is 16.8. The van der Waals surface area contributed by atoms with E-state index in [4.69, 9.17) is 21.2 Å². The van der Waals surface area contributed by atoms with E-state index < -0.39 is 19.1 Å². The topological polar surface area (TPSA) is 69.2 Å². The number of rotatable bonds is 8. The van der Waals surface area contributed by atoms with Crippen molar-refractivity contribution in [3.8, 4) is 11.5 Å². The molecule has 0 radical (unpaired) electrons. The molecule has 0 atom stereocenters. The van der Waals surface area contributed by atoms with Crippen LogP contribution in [0.2, 0.25) is 5.02 Å². The number of oxime groups is 1. The number of methoxy groups -OCH3 is 1. The first-order valence-electron chi connectivity index (χ1n) is 7.32. The number of nitrogens with zero attached hydrogens (tertiary/aromatic N) is 1. The Bertz CT molecular complexity index is 787. The van der Waals surface area contributed by atoms with E-state index in [2.05, 4.69) is 15.2 Å². The number of carbonyl (C=O) groups excluding carboxylic acids is 1. The van der Waals surface area contributed by atoms with Crippen LogP contribution >= 0.6 is 11.6 Å². The lowest BCUT2D eigenvalue weighted by Gasteiger charge is -2.10. The van der Waals surface area contributed by atoms with Crippen molar-refractivity contribution in [3.05, 3.63) is 53.1 Å². The van der Waals surface area contributed by atoms with Crippen LogP contribution in [0.1, 0.15) is 5.56 Å². The molecular formula is C17H15ClF2N2O4. The molecule has 0 aromatic heterocycles. The maximum Gasteiger partial charge on any atom is 0.387 e. The van der Waals surface area contributed by atoms with Crippen LogP contribution < -0.4 is 14.8 Å². The van der Waals surface area contributed by atoms with Gasteiger partial charge in [0.05, 0.1) is 19.0 Å². The molecule has 2 aromatic carbocycles. The molecule has 0 saturated heterocycles. The summed E-state index contributed by atoms with van der Waals surface area (Å²) >= 11 is 5.88. The molecule has 0 spiro atoms. The number of alkyl halides is 2. The Balaban J connectivity index is 1.91. The van der Waals surface area contributed by atoms with Crippen molar-refractivity contribution >= 4 is 29.4 Å². The van der Waals surface area contributed by atoms with Crippen LogP contribution in [0, 0.1) is 0 Å². The number of para-hydroxylation sites is 1. The van der Waals surface area contributed by atoms with Gasteiger partial charge in [0, 0.05) is 10.6 Å². The van der Waals surface area contributed by atoms with Gasteiger partial charge >= 0.3 is 6.61 Å². The Hall–Kier alpha value is -2.87. The molecule has 9 heteroatoms. The lowest BCUT2D eigenvalue weighted by atomic mass is 10.2. The monoisotopic (exact) mass is 384 g/mol. The molecule has 0 heterocycles. The average molecular weight is 385 g/mol. The van der Waals surface area contributed by atoms with Crippen molar-refractivity contribution in [2.24, 2.45) is 5.16 Å². The van der Waals surface area contributed by atoms with E-state index >= 15 is 0 Å². The minimum atomic E-state index is -2.95. The van der Waals surface area contributed by atoms with E-state index in [0.29, 0.717) is 16.5 Å². The van der Waals surface area contributed by atoms with Crippen molar-refractivity contribution in [2.45, 2.75) is 6.61 Å². The second kappa shape index (κ2) is 9.57. The summed E-state index contributed by atoms with van der Waals surface area (Å²) in [6.45, 7) is -3.35. The molecule has 138 valence electrons. The van der Waals surface area contributed by atoms with Gasteiger partial charge < -0.3 is 19.6 Å². The third-order valence-corrected chi connectivity index (χ3v) is 3.27. The fraction of sp³-hybridized carbons (Fsp3) is 0.176. The van der Waals surface area contributed by atoms with Crippen LogP contribution in [0.25, 0.3) is 0 Å². The predicted molar refractivity (Wildman–Crippen MR) is 93.3 cm³/mol. The molecule has 0 aliphatic rings. The molecule has 0 aliphatic heterocycles. The van der Waals surface area contributed by atoms with Gasteiger partial charge in [0.2, 0.25) is 0 Å². The van der Waals surface area contributed by atoms with E-state index in [9.17, 15) is 13.6 Å². The van der Waals surface area contributed by atoms with Crippen LogP contribution in [0.15, 0.2) is 47.6 Å². The number of benzene rings is 2. The van der Waals surface area contributed by atoms with E-state index in [0.717, 1.165) is 0 Å². The zero-order valence-corrected chi connectivity index (χ0v) is 14.4. The predicted octanol–water partition coefficient (Wildman–Crippen LogP) is 3.94. The number of hydrogen-bond donors (Lipinski definition) is 1. The Kier molecular flexibility index (Phi) is 7.16. The summed E-state index contributed by atoms with van der Waals surface area (Å²) in [6.07, 6.45) is 1.17.